The van der Waals surface area contributed by atoms with Crippen LogP contribution in [-0.2, 0) is 16.0 Å². The van der Waals surface area contributed by atoms with Crippen LogP contribution in [0.3, 0.4) is 0 Å². The molecule has 2 unspecified atom stereocenters. The molecule has 2 atom stereocenters. The van der Waals surface area contributed by atoms with E-state index < -0.39 is 6.10 Å². The predicted octanol–water partition coefficient (Wildman–Crippen LogP) is 1.57. The van der Waals surface area contributed by atoms with Crippen LogP contribution in [0, 0.1) is 5.92 Å². The molecule has 0 radical (unpaired) electrons. The standard InChI is InChI=1S/C17H23ClN2O3/c1-12(10-14-4-3-5-15(18)11-14)16(22)19-6-8-20(9-7-19)17(23)13(2)21/h3-5,11-13,21H,6-10H2,1-2H3. The van der Waals surface area contributed by atoms with Crippen LogP contribution in [0.25, 0.3) is 0 Å². The summed E-state index contributed by atoms with van der Waals surface area (Å²) in [6.07, 6.45) is -0.342. The highest BCUT2D eigenvalue weighted by Crippen LogP contribution is 2.17. The zero-order valence-electron chi connectivity index (χ0n) is 13.5. The number of benzene rings is 1. The highest BCUT2D eigenvalue weighted by atomic mass is 35.5. The van der Waals surface area contributed by atoms with Gasteiger partial charge in [-0.15, -0.1) is 0 Å². The molecule has 1 aliphatic heterocycles. The number of hydrogen-bond donors (Lipinski definition) is 1. The van der Waals surface area contributed by atoms with Crippen molar-refractivity contribution < 1.29 is 14.7 Å². The third kappa shape index (κ3) is 4.69. The number of amides is 2. The maximum atomic E-state index is 12.5. The predicted molar refractivity (Wildman–Crippen MR) is 89.2 cm³/mol. The summed E-state index contributed by atoms with van der Waals surface area (Å²) in [6.45, 7) is 5.34. The van der Waals surface area contributed by atoms with Crippen LogP contribution >= 0.6 is 11.6 Å². The normalized spacial score (nSPS) is 17.7. The number of aliphatic hydroxyl groups is 1. The van der Waals surface area contributed by atoms with E-state index in [0.29, 0.717) is 37.6 Å². The van der Waals surface area contributed by atoms with Crippen molar-refractivity contribution in [2.75, 3.05) is 26.2 Å². The first-order chi connectivity index (χ1) is 10.9. The van der Waals surface area contributed by atoms with Crippen molar-refractivity contribution in [2.45, 2.75) is 26.4 Å². The van der Waals surface area contributed by atoms with E-state index >= 15 is 0 Å². The molecule has 126 valence electrons. The molecule has 0 aromatic heterocycles. The number of nitrogens with zero attached hydrogens (tertiary/aromatic N) is 2. The number of piperazine rings is 1. The molecule has 2 rings (SSSR count). The van der Waals surface area contributed by atoms with Gasteiger partial charge in [0.1, 0.15) is 6.10 Å². The second-order valence-corrected chi connectivity index (χ2v) is 6.50. The largest absolute Gasteiger partial charge is 0.384 e. The zero-order chi connectivity index (χ0) is 17.0. The molecule has 5 nitrogen and oxygen atoms in total. The number of hydrogen-bond acceptors (Lipinski definition) is 3. The van der Waals surface area contributed by atoms with Crippen LogP contribution in [-0.4, -0.2) is 59.0 Å². The number of rotatable bonds is 4. The van der Waals surface area contributed by atoms with Crippen LogP contribution < -0.4 is 0 Å². The molecule has 1 aromatic carbocycles. The summed E-state index contributed by atoms with van der Waals surface area (Å²) in [6, 6.07) is 7.55. The fourth-order valence-corrected chi connectivity index (χ4v) is 3.04. The second-order valence-electron chi connectivity index (χ2n) is 6.06. The SMILES string of the molecule is CC(O)C(=O)N1CCN(C(=O)C(C)Cc2cccc(Cl)c2)CC1. The van der Waals surface area contributed by atoms with Gasteiger partial charge in [-0.1, -0.05) is 30.7 Å². The number of aliphatic hydroxyl groups excluding tert-OH is 1. The molecule has 1 aliphatic rings. The molecule has 6 heteroatoms. The lowest BCUT2D eigenvalue weighted by Gasteiger charge is -2.36. The van der Waals surface area contributed by atoms with E-state index in [1.54, 1.807) is 9.80 Å². The Morgan fingerprint density at radius 2 is 1.70 bits per heavy atom. The second kappa shape index (κ2) is 7.79. The maximum absolute atomic E-state index is 12.5. The Morgan fingerprint density at radius 1 is 1.13 bits per heavy atom. The van der Waals surface area contributed by atoms with Crippen LogP contribution in [0.15, 0.2) is 24.3 Å². The number of carbonyl (C=O) groups excluding carboxylic acids is 2. The smallest absolute Gasteiger partial charge is 0.251 e. The van der Waals surface area contributed by atoms with Gasteiger partial charge in [0.15, 0.2) is 0 Å². The first kappa shape index (κ1) is 17.8. The fraction of sp³-hybridized carbons (Fsp3) is 0.529. The van der Waals surface area contributed by atoms with Crippen molar-refractivity contribution in [1.29, 1.82) is 0 Å². The minimum Gasteiger partial charge on any atom is -0.384 e. The summed E-state index contributed by atoms with van der Waals surface area (Å²) < 4.78 is 0. The molecule has 1 N–H and O–H groups in total. The summed E-state index contributed by atoms with van der Waals surface area (Å²) in [7, 11) is 0. The van der Waals surface area contributed by atoms with Crippen LogP contribution in [0.4, 0.5) is 0 Å². The van der Waals surface area contributed by atoms with Gasteiger partial charge in [-0.2, -0.15) is 0 Å². The molecule has 0 aliphatic carbocycles. The van der Waals surface area contributed by atoms with Gasteiger partial charge in [-0.3, -0.25) is 9.59 Å². The van der Waals surface area contributed by atoms with Crippen LogP contribution in [0.2, 0.25) is 5.02 Å². The molecular formula is C17H23ClN2O3. The quantitative estimate of drug-likeness (QED) is 0.906. The molecule has 1 aromatic rings. The van der Waals surface area contributed by atoms with E-state index in [9.17, 15) is 14.7 Å². The van der Waals surface area contributed by atoms with E-state index in [4.69, 9.17) is 11.6 Å². The van der Waals surface area contributed by atoms with Gasteiger partial charge in [0.25, 0.3) is 5.91 Å². The lowest BCUT2D eigenvalue weighted by atomic mass is 9.99. The van der Waals surface area contributed by atoms with E-state index in [2.05, 4.69) is 0 Å². The molecule has 1 saturated heterocycles. The average molecular weight is 339 g/mol. The van der Waals surface area contributed by atoms with Gasteiger partial charge in [0, 0.05) is 37.1 Å². The summed E-state index contributed by atoms with van der Waals surface area (Å²) in [4.78, 5) is 27.7. The zero-order valence-corrected chi connectivity index (χ0v) is 14.3. The lowest BCUT2D eigenvalue weighted by molar-refractivity contribution is -0.145. The average Bonchev–Trinajstić information content (AvgIpc) is 2.53. The topological polar surface area (TPSA) is 60.9 Å². The van der Waals surface area contributed by atoms with Crippen LogP contribution in [0.1, 0.15) is 19.4 Å². The Morgan fingerprint density at radius 3 is 2.22 bits per heavy atom. The van der Waals surface area contributed by atoms with Gasteiger partial charge in [-0.05, 0) is 31.0 Å². The molecule has 1 fully saturated rings. The Kier molecular flexibility index (Phi) is 6.02. The first-order valence-corrected chi connectivity index (χ1v) is 8.26. The van der Waals surface area contributed by atoms with Crippen molar-refractivity contribution in [1.82, 2.24) is 9.80 Å². The summed E-state index contributed by atoms with van der Waals surface area (Å²) in [5.41, 5.74) is 1.04. The summed E-state index contributed by atoms with van der Waals surface area (Å²) in [5.74, 6) is -0.314. The van der Waals surface area contributed by atoms with Gasteiger partial charge in [-0.25, -0.2) is 0 Å². The number of halogens is 1. The molecule has 0 bridgehead atoms. The van der Waals surface area contributed by atoms with E-state index in [1.165, 1.54) is 6.92 Å². The lowest BCUT2D eigenvalue weighted by Crippen LogP contribution is -2.53. The van der Waals surface area contributed by atoms with Crippen molar-refractivity contribution in [2.24, 2.45) is 5.92 Å². The number of carbonyl (C=O) groups is 2. The van der Waals surface area contributed by atoms with Crippen molar-refractivity contribution in [3.8, 4) is 0 Å². The third-order valence-electron chi connectivity index (χ3n) is 4.11. The van der Waals surface area contributed by atoms with E-state index in [1.807, 2.05) is 31.2 Å². The van der Waals surface area contributed by atoms with Crippen molar-refractivity contribution in [3.05, 3.63) is 34.9 Å². The Balaban J connectivity index is 1.88. The molecule has 1 heterocycles. The van der Waals surface area contributed by atoms with E-state index in [-0.39, 0.29) is 17.7 Å². The molecule has 23 heavy (non-hydrogen) atoms. The highest BCUT2D eigenvalue weighted by molar-refractivity contribution is 6.30. The van der Waals surface area contributed by atoms with Gasteiger partial charge < -0.3 is 14.9 Å². The Bertz CT molecular complexity index is 569. The fourth-order valence-electron chi connectivity index (χ4n) is 2.83. The Labute approximate surface area is 141 Å². The minimum atomic E-state index is -0.987. The van der Waals surface area contributed by atoms with Gasteiger partial charge in [0.2, 0.25) is 5.91 Å². The maximum Gasteiger partial charge on any atom is 0.251 e. The van der Waals surface area contributed by atoms with E-state index in [0.717, 1.165) is 5.56 Å². The molecular weight excluding hydrogens is 316 g/mol. The summed E-state index contributed by atoms with van der Waals surface area (Å²) in [5, 5.41) is 10.0. The van der Waals surface area contributed by atoms with Crippen LogP contribution in [0.5, 0.6) is 0 Å². The monoisotopic (exact) mass is 338 g/mol. The van der Waals surface area contributed by atoms with Gasteiger partial charge >= 0.3 is 0 Å². The van der Waals surface area contributed by atoms with Crippen molar-refractivity contribution >= 4 is 23.4 Å². The summed E-state index contributed by atoms with van der Waals surface area (Å²) >= 11 is 5.97. The molecule has 0 spiro atoms. The minimum absolute atomic E-state index is 0.0918. The Hall–Kier alpha value is -1.59. The third-order valence-corrected chi connectivity index (χ3v) is 4.35. The van der Waals surface area contributed by atoms with Crippen molar-refractivity contribution in [3.63, 3.8) is 0 Å². The molecule has 0 saturated carbocycles. The van der Waals surface area contributed by atoms with Gasteiger partial charge in [0.05, 0.1) is 0 Å². The highest BCUT2D eigenvalue weighted by Gasteiger charge is 2.28. The first-order valence-electron chi connectivity index (χ1n) is 7.88. The molecule has 2 amide bonds.